The van der Waals surface area contributed by atoms with Crippen molar-refractivity contribution in [2.45, 2.75) is 0 Å². The van der Waals surface area contributed by atoms with Crippen molar-refractivity contribution in [1.29, 1.82) is 0 Å². The van der Waals surface area contributed by atoms with Gasteiger partial charge < -0.3 is 10.2 Å². The molecule has 102 valence electrons. The second kappa shape index (κ2) is 5.08. The molecule has 0 aliphatic rings. The van der Waals surface area contributed by atoms with Crippen molar-refractivity contribution in [1.82, 2.24) is 0 Å². The highest BCUT2D eigenvalue weighted by atomic mass is 19.1. The van der Waals surface area contributed by atoms with E-state index < -0.39 is 29.1 Å². The van der Waals surface area contributed by atoms with E-state index in [2.05, 4.69) is 0 Å². The maximum Gasteiger partial charge on any atom is 0.339 e. The highest BCUT2D eigenvalue weighted by Crippen LogP contribution is 2.27. The minimum atomic E-state index is -1.51. The van der Waals surface area contributed by atoms with Gasteiger partial charge in [0.2, 0.25) is 0 Å². The van der Waals surface area contributed by atoms with Crippen LogP contribution in [-0.4, -0.2) is 22.2 Å². The van der Waals surface area contributed by atoms with Crippen LogP contribution in [0.1, 0.15) is 20.7 Å². The third kappa shape index (κ3) is 2.49. The van der Waals surface area contributed by atoms with E-state index in [-0.39, 0.29) is 16.7 Å². The quantitative estimate of drug-likeness (QED) is 0.905. The van der Waals surface area contributed by atoms with Crippen LogP contribution in [0.5, 0.6) is 0 Å². The Hall–Kier alpha value is -2.76. The minimum absolute atomic E-state index is 0.0145. The van der Waals surface area contributed by atoms with Gasteiger partial charge in [-0.3, -0.25) is 0 Å². The molecule has 0 saturated heterocycles. The van der Waals surface area contributed by atoms with Crippen LogP contribution in [0.25, 0.3) is 11.1 Å². The van der Waals surface area contributed by atoms with E-state index in [1.54, 1.807) is 0 Å². The number of halogens is 2. The average Bonchev–Trinajstić information content (AvgIpc) is 2.37. The number of carboxylic acids is 2. The van der Waals surface area contributed by atoms with Crippen LogP contribution in [0.15, 0.2) is 36.4 Å². The lowest BCUT2D eigenvalue weighted by molar-refractivity contribution is 0.0684. The van der Waals surface area contributed by atoms with E-state index in [0.29, 0.717) is 0 Å². The second-order valence-electron chi connectivity index (χ2n) is 4.00. The van der Waals surface area contributed by atoms with Crippen LogP contribution in [0, 0.1) is 11.6 Å². The van der Waals surface area contributed by atoms with Gasteiger partial charge in [-0.05, 0) is 35.4 Å². The Morgan fingerprint density at radius 1 is 0.950 bits per heavy atom. The van der Waals surface area contributed by atoms with Gasteiger partial charge in [0.15, 0.2) is 0 Å². The number of benzene rings is 2. The molecule has 2 rings (SSSR count). The van der Waals surface area contributed by atoms with Gasteiger partial charge in [-0.1, -0.05) is 12.1 Å². The van der Waals surface area contributed by atoms with Gasteiger partial charge in [0.1, 0.15) is 17.2 Å². The van der Waals surface area contributed by atoms with Gasteiger partial charge >= 0.3 is 11.9 Å². The number of hydrogen-bond acceptors (Lipinski definition) is 2. The summed E-state index contributed by atoms with van der Waals surface area (Å²) in [6.07, 6.45) is 0. The maximum absolute atomic E-state index is 13.6. The molecular formula is C14H8F2O4. The summed E-state index contributed by atoms with van der Waals surface area (Å²) < 4.78 is 27.0. The van der Waals surface area contributed by atoms with E-state index >= 15 is 0 Å². The molecule has 2 aromatic carbocycles. The van der Waals surface area contributed by atoms with Crippen LogP contribution >= 0.6 is 0 Å². The lowest BCUT2D eigenvalue weighted by atomic mass is 9.97. The molecule has 0 unspecified atom stereocenters. The molecule has 0 atom stereocenters. The summed E-state index contributed by atoms with van der Waals surface area (Å²) in [4.78, 5) is 21.9. The molecule has 0 spiro atoms. The Bertz CT molecular complexity index is 710. The largest absolute Gasteiger partial charge is 0.478 e. The van der Waals surface area contributed by atoms with Crippen LogP contribution in [-0.2, 0) is 0 Å². The summed E-state index contributed by atoms with van der Waals surface area (Å²) in [5.41, 5.74) is -1.08. The second-order valence-corrected chi connectivity index (χ2v) is 4.00. The van der Waals surface area contributed by atoms with Crippen LogP contribution < -0.4 is 0 Å². The molecule has 0 aliphatic carbocycles. The van der Waals surface area contributed by atoms with E-state index in [0.717, 1.165) is 24.3 Å². The minimum Gasteiger partial charge on any atom is -0.478 e. The number of carboxylic acid groups (broad SMARTS) is 2. The van der Waals surface area contributed by atoms with E-state index in [1.165, 1.54) is 12.1 Å². The molecule has 0 heterocycles. The zero-order valence-electron chi connectivity index (χ0n) is 9.93. The van der Waals surface area contributed by atoms with Crippen molar-refractivity contribution < 1.29 is 28.6 Å². The first-order chi connectivity index (χ1) is 9.40. The molecule has 2 aromatic rings. The standard InChI is InChI=1S/C14H8F2O4/c15-9-5-7(4-8(6-9)13(17)18)10-2-1-3-11(16)12(10)14(19)20/h1-6H,(H,17,18)(H,19,20). The number of hydrogen-bond donors (Lipinski definition) is 2. The fraction of sp³-hybridized carbons (Fsp3) is 0. The molecule has 0 bridgehead atoms. The van der Waals surface area contributed by atoms with Crippen LogP contribution in [0.2, 0.25) is 0 Å². The van der Waals surface area contributed by atoms with Gasteiger partial charge in [0, 0.05) is 0 Å². The molecule has 6 heteroatoms. The molecule has 4 nitrogen and oxygen atoms in total. The zero-order chi connectivity index (χ0) is 14.9. The lowest BCUT2D eigenvalue weighted by Crippen LogP contribution is -2.04. The summed E-state index contributed by atoms with van der Waals surface area (Å²) in [5, 5.41) is 17.9. The smallest absolute Gasteiger partial charge is 0.339 e. The molecule has 0 aliphatic heterocycles. The van der Waals surface area contributed by atoms with Gasteiger partial charge in [-0.15, -0.1) is 0 Å². The predicted octanol–water partition coefficient (Wildman–Crippen LogP) is 3.03. The Morgan fingerprint density at radius 2 is 1.65 bits per heavy atom. The fourth-order valence-electron chi connectivity index (χ4n) is 1.85. The van der Waals surface area contributed by atoms with Crippen LogP contribution in [0.4, 0.5) is 8.78 Å². The fourth-order valence-corrected chi connectivity index (χ4v) is 1.85. The Balaban J connectivity index is 2.72. The molecule has 0 saturated carbocycles. The summed E-state index contributed by atoms with van der Waals surface area (Å²) >= 11 is 0. The first kappa shape index (κ1) is 13.7. The molecule has 2 N–H and O–H groups in total. The lowest BCUT2D eigenvalue weighted by Gasteiger charge is -2.08. The molecular weight excluding hydrogens is 270 g/mol. The van der Waals surface area contributed by atoms with Crippen molar-refractivity contribution in [3.05, 3.63) is 59.2 Å². The van der Waals surface area contributed by atoms with Crippen molar-refractivity contribution in [3.63, 3.8) is 0 Å². The normalized spacial score (nSPS) is 10.3. The molecule has 0 fully saturated rings. The molecule has 0 amide bonds. The maximum atomic E-state index is 13.6. The van der Waals surface area contributed by atoms with Crippen molar-refractivity contribution in [2.24, 2.45) is 0 Å². The SMILES string of the molecule is O=C(O)c1cc(F)cc(-c2cccc(F)c2C(=O)O)c1. The van der Waals surface area contributed by atoms with E-state index in [9.17, 15) is 18.4 Å². The van der Waals surface area contributed by atoms with Crippen molar-refractivity contribution in [3.8, 4) is 11.1 Å². The van der Waals surface area contributed by atoms with Gasteiger partial charge in [-0.25, -0.2) is 18.4 Å². The number of carbonyl (C=O) groups is 2. The van der Waals surface area contributed by atoms with E-state index in [1.807, 2.05) is 0 Å². The summed E-state index contributed by atoms with van der Waals surface area (Å²) in [5.74, 6) is -4.70. The number of aromatic carboxylic acids is 2. The van der Waals surface area contributed by atoms with Crippen molar-refractivity contribution >= 4 is 11.9 Å². The summed E-state index contributed by atoms with van der Waals surface area (Å²) in [6, 6.07) is 6.35. The summed E-state index contributed by atoms with van der Waals surface area (Å²) in [6.45, 7) is 0. The number of rotatable bonds is 3. The third-order valence-corrected chi connectivity index (χ3v) is 2.68. The highest BCUT2D eigenvalue weighted by Gasteiger charge is 2.18. The highest BCUT2D eigenvalue weighted by molar-refractivity contribution is 5.97. The van der Waals surface area contributed by atoms with Gasteiger partial charge in [0.25, 0.3) is 0 Å². The monoisotopic (exact) mass is 278 g/mol. The first-order valence-electron chi connectivity index (χ1n) is 5.46. The Kier molecular flexibility index (Phi) is 3.47. The summed E-state index contributed by atoms with van der Waals surface area (Å²) in [7, 11) is 0. The third-order valence-electron chi connectivity index (χ3n) is 2.68. The van der Waals surface area contributed by atoms with Crippen LogP contribution in [0.3, 0.4) is 0 Å². The van der Waals surface area contributed by atoms with Gasteiger partial charge in [-0.2, -0.15) is 0 Å². The average molecular weight is 278 g/mol. The first-order valence-corrected chi connectivity index (χ1v) is 5.46. The van der Waals surface area contributed by atoms with Gasteiger partial charge in [0.05, 0.1) is 5.56 Å². The predicted molar refractivity (Wildman–Crippen MR) is 65.7 cm³/mol. The Labute approximate surface area is 111 Å². The zero-order valence-corrected chi connectivity index (χ0v) is 9.93. The Morgan fingerprint density at radius 3 is 2.25 bits per heavy atom. The topological polar surface area (TPSA) is 74.6 Å². The van der Waals surface area contributed by atoms with Crippen molar-refractivity contribution in [2.75, 3.05) is 0 Å². The molecule has 20 heavy (non-hydrogen) atoms. The molecule has 0 radical (unpaired) electrons. The molecule has 0 aromatic heterocycles. The van der Waals surface area contributed by atoms with E-state index in [4.69, 9.17) is 10.2 Å².